The van der Waals surface area contributed by atoms with E-state index in [2.05, 4.69) is 17.9 Å². The Labute approximate surface area is 110 Å². The second-order valence-electron chi connectivity index (χ2n) is 3.98. The summed E-state index contributed by atoms with van der Waals surface area (Å²) in [5, 5.41) is 2.64. The van der Waals surface area contributed by atoms with Crippen molar-refractivity contribution in [2.75, 3.05) is 5.32 Å². The molecule has 2 aromatic rings. The van der Waals surface area contributed by atoms with Gasteiger partial charge in [-0.25, -0.2) is 4.39 Å². The van der Waals surface area contributed by atoms with E-state index in [9.17, 15) is 9.18 Å². The van der Waals surface area contributed by atoms with Gasteiger partial charge in [0, 0.05) is 10.6 Å². The summed E-state index contributed by atoms with van der Waals surface area (Å²) in [5.41, 5.74) is 1.72. The molecule has 18 heavy (non-hydrogen) atoms. The summed E-state index contributed by atoms with van der Waals surface area (Å²) >= 11 is 4.09. The lowest BCUT2D eigenvalue weighted by Crippen LogP contribution is -2.13. The van der Waals surface area contributed by atoms with E-state index in [0.29, 0.717) is 10.6 Å². The third-order valence-electron chi connectivity index (χ3n) is 2.50. The molecule has 2 rings (SSSR count). The van der Waals surface area contributed by atoms with Crippen LogP contribution in [-0.4, -0.2) is 5.91 Å². The van der Waals surface area contributed by atoms with Gasteiger partial charge in [-0.05, 0) is 37.3 Å². The number of carbonyl (C=O) groups is 1. The van der Waals surface area contributed by atoms with E-state index in [1.165, 1.54) is 18.2 Å². The molecule has 0 atom stereocenters. The van der Waals surface area contributed by atoms with E-state index in [1.807, 2.05) is 19.1 Å². The number of amides is 1. The minimum absolute atomic E-state index is 0.0110. The van der Waals surface area contributed by atoms with Gasteiger partial charge in [-0.1, -0.05) is 17.7 Å². The fraction of sp³-hybridized carbons (Fsp3) is 0.0714. The SMILES string of the molecule is Cc1ccc(NC(=O)c2cc(S)ccc2F)cc1. The zero-order chi connectivity index (χ0) is 13.1. The number of rotatable bonds is 2. The van der Waals surface area contributed by atoms with E-state index < -0.39 is 11.7 Å². The highest BCUT2D eigenvalue weighted by molar-refractivity contribution is 7.80. The third kappa shape index (κ3) is 2.90. The van der Waals surface area contributed by atoms with E-state index in [1.54, 1.807) is 12.1 Å². The summed E-state index contributed by atoms with van der Waals surface area (Å²) in [6.45, 7) is 1.95. The fourth-order valence-corrected chi connectivity index (χ4v) is 1.73. The molecule has 0 aliphatic heterocycles. The van der Waals surface area contributed by atoms with Crippen molar-refractivity contribution in [3.05, 3.63) is 59.4 Å². The van der Waals surface area contributed by atoms with Crippen LogP contribution in [0.4, 0.5) is 10.1 Å². The lowest BCUT2D eigenvalue weighted by molar-refractivity contribution is 0.102. The molecule has 0 fully saturated rings. The summed E-state index contributed by atoms with van der Waals surface area (Å²) < 4.78 is 13.5. The van der Waals surface area contributed by atoms with Crippen molar-refractivity contribution in [3.63, 3.8) is 0 Å². The van der Waals surface area contributed by atoms with Crippen LogP contribution in [0.2, 0.25) is 0 Å². The molecule has 0 unspecified atom stereocenters. The van der Waals surface area contributed by atoms with Crippen LogP contribution in [0, 0.1) is 12.7 Å². The summed E-state index contributed by atoms with van der Waals surface area (Å²) in [6, 6.07) is 11.4. The number of hydrogen-bond donors (Lipinski definition) is 2. The minimum Gasteiger partial charge on any atom is -0.322 e. The van der Waals surface area contributed by atoms with Crippen molar-refractivity contribution in [1.29, 1.82) is 0 Å². The predicted octanol–water partition coefficient (Wildman–Crippen LogP) is 3.68. The van der Waals surface area contributed by atoms with E-state index in [0.717, 1.165) is 5.56 Å². The smallest absolute Gasteiger partial charge is 0.258 e. The molecular formula is C14H12FNOS. The molecule has 0 heterocycles. The van der Waals surface area contributed by atoms with Gasteiger partial charge in [-0.3, -0.25) is 4.79 Å². The standard InChI is InChI=1S/C14H12FNOS/c1-9-2-4-10(5-3-9)16-14(17)12-8-11(18)6-7-13(12)15/h2-8,18H,1H3,(H,16,17). The molecule has 0 radical (unpaired) electrons. The van der Waals surface area contributed by atoms with Gasteiger partial charge in [0.2, 0.25) is 0 Å². The molecule has 0 saturated heterocycles. The maximum Gasteiger partial charge on any atom is 0.258 e. The first-order chi connectivity index (χ1) is 8.56. The predicted molar refractivity (Wildman–Crippen MR) is 72.8 cm³/mol. The largest absolute Gasteiger partial charge is 0.322 e. The first kappa shape index (κ1) is 12.6. The molecule has 2 aromatic carbocycles. The first-order valence-corrected chi connectivity index (χ1v) is 5.87. The number of nitrogens with one attached hydrogen (secondary N) is 1. The molecule has 0 aliphatic carbocycles. The number of hydrogen-bond acceptors (Lipinski definition) is 2. The van der Waals surface area contributed by atoms with Crippen LogP contribution in [0.5, 0.6) is 0 Å². The summed E-state index contributed by atoms with van der Waals surface area (Å²) in [6.07, 6.45) is 0. The normalized spacial score (nSPS) is 10.2. The molecule has 4 heteroatoms. The number of aryl methyl sites for hydroxylation is 1. The molecule has 0 aromatic heterocycles. The maximum atomic E-state index is 13.5. The van der Waals surface area contributed by atoms with Crippen LogP contribution in [0.3, 0.4) is 0 Å². The molecule has 0 aliphatic rings. The Balaban J connectivity index is 2.21. The average Bonchev–Trinajstić information content (AvgIpc) is 2.35. The fourth-order valence-electron chi connectivity index (χ4n) is 1.52. The van der Waals surface area contributed by atoms with Gasteiger partial charge < -0.3 is 5.32 Å². The van der Waals surface area contributed by atoms with Gasteiger partial charge in [0.1, 0.15) is 5.82 Å². The molecule has 2 nitrogen and oxygen atoms in total. The lowest BCUT2D eigenvalue weighted by atomic mass is 10.2. The molecule has 1 amide bonds. The van der Waals surface area contributed by atoms with Crippen LogP contribution in [-0.2, 0) is 0 Å². The Morgan fingerprint density at radius 1 is 1.17 bits per heavy atom. The Kier molecular flexibility index (Phi) is 3.67. The quantitative estimate of drug-likeness (QED) is 0.793. The second kappa shape index (κ2) is 5.23. The van der Waals surface area contributed by atoms with E-state index in [-0.39, 0.29) is 5.56 Å². The van der Waals surface area contributed by atoms with Crippen molar-refractivity contribution < 1.29 is 9.18 Å². The van der Waals surface area contributed by atoms with Crippen molar-refractivity contribution in [3.8, 4) is 0 Å². The minimum atomic E-state index is -0.558. The van der Waals surface area contributed by atoms with Gasteiger partial charge >= 0.3 is 0 Å². The van der Waals surface area contributed by atoms with Gasteiger partial charge in [-0.15, -0.1) is 12.6 Å². The molecule has 0 bridgehead atoms. The highest BCUT2D eigenvalue weighted by atomic mass is 32.1. The van der Waals surface area contributed by atoms with Crippen molar-refractivity contribution in [2.45, 2.75) is 11.8 Å². The van der Waals surface area contributed by atoms with E-state index >= 15 is 0 Å². The highest BCUT2D eigenvalue weighted by Crippen LogP contribution is 2.16. The number of halogens is 1. The lowest BCUT2D eigenvalue weighted by Gasteiger charge is -2.07. The highest BCUT2D eigenvalue weighted by Gasteiger charge is 2.11. The Morgan fingerprint density at radius 3 is 2.50 bits per heavy atom. The monoisotopic (exact) mass is 261 g/mol. The van der Waals surface area contributed by atoms with Crippen LogP contribution in [0.25, 0.3) is 0 Å². The molecule has 1 N–H and O–H groups in total. The Bertz CT molecular complexity index is 581. The average molecular weight is 261 g/mol. The second-order valence-corrected chi connectivity index (χ2v) is 4.50. The first-order valence-electron chi connectivity index (χ1n) is 5.43. The number of benzene rings is 2. The summed E-state index contributed by atoms with van der Waals surface area (Å²) in [5.74, 6) is -1.04. The van der Waals surface area contributed by atoms with Crippen LogP contribution in [0.1, 0.15) is 15.9 Å². The van der Waals surface area contributed by atoms with Crippen LogP contribution in [0.15, 0.2) is 47.4 Å². The number of carbonyl (C=O) groups excluding carboxylic acids is 1. The molecule has 0 spiro atoms. The van der Waals surface area contributed by atoms with Gasteiger partial charge in [0.05, 0.1) is 5.56 Å². The topological polar surface area (TPSA) is 29.1 Å². The molecule has 0 saturated carbocycles. The zero-order valence-corrected chi connectivity index (χ0v) is 10.7. The van der Waals surface area contributed by atoms with Gasteiger partial charge in [0.25, 0.3) is 5.91 Å². The zero-order valence-electron chi connectivity index (χ0n) is 9.77. The summed E-state index contributed by atoms with van der Waals surface area (Å²) in [7, 11) is 0. The van der Waals surface area contributed by atoms with Crippen molar-refractivity contribution in [1.82, 2.24) is 0 Å². The molecule has 92 valence electrons. The molecular weight excluding hydrogens is 249 g/mol. The van der Waals surface area contributed by atoms with E-state index in [4.69, 9.17) is 0 Å². The number of anilines is 1. The van der Waals surface area contributed by atoms with Gasteiger partial charge in [0.15, 0.2) is 0 Å². The van der Waals surface area contributed by atoms with Gasteiger partial charge in [-0.2, -0.15) is 0 Å². The number of thiol groups is 1. The maximum absolute atomic E-state index is 13.5. The van der Waals surface area contributed by atoms with Crippen molar-refractivity contribution in [2.24, 2.45) is 0 Å². The van der Waals surface area contributed by atoms with Crippen LogP contribution >= 0.6 is 12.6 Å². The Morgan fingerprint density at radius 2 is 1.83 bits per heavy atom. The third-order valence-corrected chi connectivity index (χ3v) is 2.78. The summed E-state index contributed by atoms with van der Waals surface area (Å²) in [4.78, 5) is 12.4. The van der Waals surface area contributed by atoms with Crippen molar-refractivity contribution >= 4 is 24.2 Å². The Hall–Kier alpha value is -1.81. The van der Waals surface area contributed by atoms with Crippen LogP contribution < -0.4 is 5.32 Å².